The second-order valence-electron chi connectivity index (χ2n) is 9.19. The second-order valence-corrected chi connectivity index (χ2v) is 9.60. The standard InChI is InChI=1S/C26H29ClFN5O/c1-33(2)25-20-5-3-4-6-23(20)31-26(32-25)30-18-10-8-17(9-11-18)29-15-19-14-22(27)21-13-16(28)7-12-24(21)34-19/h3-7,12-14,17-19,29H,8-11,15H2,1-2H3,(H,30,31,32). The zero-order valence-electron chi connectivity index (χ0n) is 19.4. The third-order valence-corrected chi connectivity index (χ3v) is 6.81. The van der Waals surface area contributed by atoms with E-state index < -0.39 is 0 Å². The van der Waals surface area contributed by atoms with Crippen molar-refractivity contribution in [2.45, 2.75) is 43.9 Å². The highest BCUT2D eigenvalue weighted by Crippen LogP contribution is 2.35. The van der Waals surface area contributed by atoms with E-state index in [1.54, 1.807) is 6.07 Å². The summed E-state index contributed by atoms with van der Waals surface area (Å²) in [4.78, 5) is 11.5. The first-order valence-electron chi connectivity index (χ1n) is 11.7. The minimum atomic E-state index is -0.317. The molecule has 5 rings (SSSR count). The van der Waals surface area contributed by atoms with Gasteiger partial charge in [-0.2, -0.15) is 4.98 Å². The first-order chi connectivity index (χ1) is 16.5. The Hall–Kier alpha value is -2.90. The van der Waals surface area contributed by atoms with Crippen LogP contribution < -0.4 is 20.3 Å². The second kappa shape index (κ2) is 9.76. The number of para-hydroxylation sites is 1. The van der Waals surface area contributed by atoms with Crippen molar-refractivity contribution < 1.29 is 9.13 Å². The van der Waals surface area contributed by atoms with Crippen molar-refractivity contribution in [3.8, 4) is 5.75 Å². The van der Waals surface area contributed by atoms with Crippen LogP contribution in [0.1, 0.15) is 31.2 Å². The lowest BCUT2D eigenvalue weighted by Gasteiger charge is -2.31. The van der Waals surface area contributed by atoms with Gasteiger partial charge >= 0.3 is 0 Å². The maximum absolute atomic E-state index is 13.5. The van der Waals surface area contributed by atoms with Gasteiger partial charge < -0.3 is 20.3 Å². The molecule has 0 spiro atoms. The number of nitrogens with zero attached hydrogens (tertiary/aromatic N) is 3. The SMILES string of the molecule is CN(C)c1nc(NC2CCC(NCC3C=C(Cl)c4cc(F)ccc4O3)CC2)nc2ccccc12. The molecule has 2 N–H and O–H groups in total. The number of fused-ring (bicyclic) bond motifs is 2. The molecule has 1 aliphatic heterocycles. The topological polar surface area (TPSA) is 62.3 Å². The molecule has 1 unspecified atom stereocenters. The molecule has 2 aromatic carbocycles. The largest absolute Gasteiger partial charge is 0.484 e. The lowest BCUT2D eigenvalue weighted by atomic mass is 9.91. The highest BCUT2D eigenvalue weighted by atomic mass is 35.5. The highest BCUT2D eigenvalue weighted by Gasteiger charge is 2.25. The summed E-state index contributed by atoms with van der Waals surface area (Å²) in [7, 11) is 4.01. The zero-order chi connectivity index (χ0) is 23.7. The van der Waals surface area contributed by atoms with Crippen molar-refractivity contribution in [3.63, 3.8) is 0 Å². The van der Waals surface area contributed by atoms with Crippen molar-refractivity contribution in [2.24, 2.45) is 0 Å². The van der Waals surface area contributed by atoms with E-state index in [1.807, 2.05) is 43.3 Å². The van der Waals surface area contributed by atoms with Crippen molar-refractivity contribution in [3.05, 3.63) is 59.9 Å². The maximum Gasteiger partial charge on any atom is 0.225 e. The number of halogens is 2. The van der Waals surface area contributed by atoms with Gasteiger partial charge in [0.1, 0.15) is 23.5 Å². The Morgan fingerprint density at radius 1 is 1.06 bits per heavy atom. The van der Waals surface area contributed by atoms with Crippen molar-refractivity contribution >= 4 is 39.3 Å². The summed E-state index contributed by atoms with van der Waals surface area (Å²) in [5.74, 6) is 1.92. The Labute approximate surface area is 204 Å². The fraction of sp³-hybridized carbons (Fsp3) is 0.385. The Morgan fingerprint density at radius 2 is 1.82 bits per heavy atom. The van der Waals surface area contributed by atoms with Gasteiger partial charge in [-0.25, -0.2) is 9.37 Å². The van der Waals surface area contributed by atoms with E-state index in [1.165, 1.54) is 12.1 Å². The predicted octanol–water partition coefficient (Wildman–Crippen LogP) is 5.19. The molecular weight excluding hydrogens is 453 g/mol. The normalized spacial score (nSPS) is 22.0. The average molecular weight is 482 g/mol. The average Bonchev–Trinajstić information content (AvgIpc) is 2.83. The van der Waals surface area contributed by atoms with Gasteiger partial charge in [-0.1, -0.05) is 23.7 Å². The number of hydrogen-bond donors (Lipinski definition) is 2. The molecule has 34 heavy (non-hydrogen) atoms. The van der Waals surface area contributed by atoms with Crippen LogP contribution in [-0.4, -0.2) is 48.8 Å². The van der Waals surface area contributed by atoms with Gasteiger partial charge in [0.15, 0.2) is 0 Å². The van der Waals surface area contributed by atoms with Crippen LogP contribution in [0.5, 0.6) is 5.75 Å². The minimum absolute atomic E-state index is 0.170. The van der Waals surface area contributed by atoms with Gasteiger partial charge in [0.25, 0.3) is 0 Å². The lowest BCUT2D eigenvalue weighted by molar-refractivity contribution is 0.225. The van der Waals surface area contributed by atoms with E-state index in [9.17, 15) is 4.39 Å². The maximum atomic E-state index is 13.5. The fourth-order valence-electron chi connectivity index (χ4n) is 4.71. The molecule has 1 saturated carbocycles. The molecule has 178 valence electrons. The van der Waals surface area contributed by atoms with Crippen molar-refractivity contribution in [1.82, 2.24) is 15.3 Å². The number of hydrogen-bond acceptors (Lipinski definition) is 6. The van der Waals surface area contributed by atoms with Crippen molar-refractivity contribution in [2.75, 3.05) is 30.9 Å². The van der Waals surface area contributed by atoms with E-state index in [-0.39, 0.29) is 11.9 Å². The van der Waals surface area contributed by atoms with Crippen LogP contribution in [0.25, 0.3) is 15.9 Å². The summed E-state index contributed by atoms with van der Waals surface area (Å²) < 4.78 is 19.5. The number of nitrogens with one attached hydrogen (secondary N) is 2. The molecule has 1 aromatic heterocycles. The van der Waals surface area contributed by atoms with E-state index in [2.05, 4.69) is 16.7 Å². The molecule has 0 saturated heterocycles. The summed E-state index contributed by atoms with van der Waals surface area (Å²) in [5.41, 5.74) is 1.56. The van der Waals surface area contributed by atoms with E-state index in [0.29, 0.717) is 40.9 Å². The number of rotatable bonds is 6. The van der Waals surface area contributed by atoms with Crippen LogP contribution in [-0.2, 0) is 0 Å². The van der Waals surface area contributed by atoms with Crippen LogP contribution in [0, 0.1) is 5.82 Å². The quantitative estimate of drug-likeness (QED) is 0.505. The van der Waals surface area contributed by atoms with Crippen molar-refractivity contribution in [1.29, 1.82) is 0 Å². The molecule has 8 heteroatoms. The molecule has 1 fully saturated rings. The van der Waals surface area contributed by atoms with E-state index in [0.717, 1.165) is 42.4 Å². The van der Waals surface area contributed by atoms with Gasteiger partial charge in [-0.3, -0.25) is 0 Å². The number of aromatic nitrogens is 2. The van der Waals surface area contributed by atoms with Crippen LogP contribution >= 0.6 is 11.6 Å². The molecule has 6 nitrogen and oxygen atoms in total. The van der Waals surface area contributed by atoms with Gasteiger partial charge in [0.05, 0.1) is 10.5 Å². The van der Waals surface area contributed by atoms with Gasteiger partial charge in [0, 0.05) is 43.7 Å². The van der Waals surface area contributed by atoms with Crippen LogP contribution in [0.4, 0.5) is 16.2 Å². The Balaban J connectivity index is 1.15. The molecule has 0 radical (unpaired) electrons. The molecule has 1 aliphatic carbocycles. The minimum Gasteiger partial charge on any atom is -0.484 e. The van der Waals surface area contributed by atoms with Crippen LogP contribution in [0.2, 0.25) is 0 Å². The Bertz CT molecular complexity index is 1210. The Kier molecular flexibility index (Phi) is 6.57. The number of anilines is 2. The van der Waals surface area contributed by atoms with E-state index in [4.69, 9.17) is 26.3 Å². The molecule has 1 atom stereocenters. The molecule has 2 aliphatic rings. The van der Waals surface area contributed by atoms with E-state index >= 15 is 0 Å². The molecule has 0 bridgehead atoms. The first-order valence-corrected chi connectivity index (χ1v) is 12.1. The van der Waals surface area contributed by atoms with Crippen LogP contribution in [0.15, 0.2) is 48.5 Å². The molecule has 3 aromatic rings. The third-order valence-electron chi connectivity index (χ3n) is 6.48. The molecular formula is C26H29ClFN5O. The summed E-state index contributed by atoms with van der Waals surface area (Å²) >= 11 is 6.36. The monoisotopic (exact) mass is 481 g/mol. The number of ether oxygens (including phenoxy) is 1. The van der Waals surface area contributed by atoms with Crippen LogP contribution in [0.3, 0.4) is 0 Å². The van der Waals surface area contributed by atoms with Gasteiger partial charge in [0.2, 0.25) is 5.95 Å². The Morgan fingerprint density at radius 3 is 2.62 bits per heavy atom. The predicted molar refractivity (Wildman–Crippen MR) is 136 cm³/mol. The lowest BCUT2D eigenvalue weighted by Crippen LogP contribution is -2.41. The molecule has 0 amide bonds. The zero-order valence-corrected chi connectivity index (χ0v) is 20.1. The van der Waals surface area contributed by atoms with Gasteiger partial charge in [-0.05, 0) is 62.1 Å². The smallest absolute Gasteiger partial charge is 0.225 e. The van der Waals surface area contributed by atoms with Gasteiger partial charge in [-0.15, -0.1) is 0 Å². The summed E-state index contributed by atoms with van der Waals surface area (Å²) in [5, 5.41) is 8.76. The highest BCUT2D eigenvalue weighted by molar-refractivity contribution is 6.49. The molecule has 2 heterocycles. The summed E-state index contributed by atoms with van der Waals surface area (Å²) in [6.07, 6.45) is 5.86. The summed E-state index contributed by atoms with van der Waals surface area (Å²) in [6, 6.07) is 13.3. The fourth-order valence-corrected chi connectivity index (χ4v) is 5.00. The third kappa shape index (κ3) is 4.95. The number of benzene rings is 2. The first kappa shape index (κ1) is 22.9. The summed E-state index contributed by atoms with van der Waals surface area (Å²) in [6.45, 7) is 0.662.